The van der Waals surface area contributed by atoms with Gasteiger partial charge >= 0.3 is 5.97 Å². The second kappa shape index (κ2) is 6.70. The summed E-state index contributed by atoms with van der Waals surface area (Å²) in [6.07, 6.45) is -0.580. The van der Waals surface area contributed by atoms with Crippen molar-refractivity contribution in [3.63, 3.8) is 0 Å². The summed E-state index contributed by atoms with van der Waals surface area (Å²) in [5.41, 5.74) is -0.166. The van der Waals surface area contributed by atoms with Crippen LogP contribution in [0.3, 0.4) is 0 Å². The SMILES string of the molecule is O=C(O)c1cn(C2CC2)c2c(C(F)F)c(-c3ccc4c(c3)CNC4)c(F)cc2c1=O. The summed E-state index contributed by atoms with van der Waals surface area (Å²) in [6.45, 7) is 1.23. The molecule has 2 heterocycles. The number of halogens is 3. The molecule has 0 atom stereocenters. The average Bonchev–Trinajstić information content (AvgIpc) is 3.43. The molecule has 8 heteroatoms. The molecule has 0 unspecified atom stereocenters. The van der Waals surface area contributed by atoms with Crippen LogP contribution in [0.15, 0.2) is 35.3 Å². The zero-order valence-electron chi connectivity index (χ0n) is 15.7. The van der Waals surface area contributed by atoms with E-state index in [1.165, 1.54) is 4.57 Å². The van der Waals surface area contributed by atoms with Crippen molar-refractivity contribution in [2.24, 2.45) is 0 Å². The van der Waals surface area contributed by atoms with Crippen LogP contribution in [0.4, 0.5) is 13.2 Å². The number of rotatable bonds is 4. The first kappa shape index (κ1) is 18.9. The lowest BCUT2D eigenvalue weighted by Crippen LogP contribution is -2.20. The summed E-state index contributed by atoms with van der Waals surface area (Å²) in [5.74, 6) is -2.43. The summed E-state index contributed by atoms with van der Waals surface area (Å²) in [6, 6.07) is 5.79. The number of carboxylic acid groups (broad SMARTS) is 1. The Balaban J connectivity index is 1.89. The Morgan fingerprint density at radius 3 is 2.57 bits per heavy atom. The first-order valence-corrected chi connectivity index (χ1v) is 9.62. The molecule has 1 aromatic heterocycles. The molecule has 2 aliphatic rings. The van der Waals surface area contributed by atoms with E-state index in [1.807, 2.05) is 0 Å². The fraction of sp³-hybridized carbons (Fsp3) is 0.273. The lowest BCUT2D eigenvalue weighted by molar-refractivity contribution is 0.0695. The molecule has 2 N–H and O–H groups in total. The topological polar surface area (TPSA) is 71.3 Å². The van der Waals surface area contributed by atoms with Gasteiger partial charge in [0.2, 0.25) is 5.43 Å². The van der Waals surface area contributed by atoms with Crippen molar-refractivity contribution in [3.8, 4) is 11.1 Å². The molecule has 2 aromatic carbocycles. The van der Waals surface area contributed by atoms with Crippen LogP contribution in [0.5, 0.6) is 0 Å². The molecule has 3 aromatic rings. The first-order valence-electron chi connectivity index (χ1n) is 9.62. The molecule has 1 aliphatic carbocycles. The zero-order valence-corrected chi connectivity index (χ0v) is 15.7. The molecule has 0 saturated heterocycles. The number of nitrogens with one attached hydrogen (secondary N) is 1. The van der Waals surface area contributed by atoms with Gasteiger partial charge < -0.3 is 15.0 Å². The van der Waals surface area contributed by atoms with Crippen molar-refractivity contribution in [1.82, 2.24) is 9.88 Å². The van der Waals surface area contributed by atoms with Crippen molar-refractivity contribution < 1.29 is 23.1 Å². The molecule has 154 valence electrons. The van der Waals surface area contributed by atoms with E-state index in [4.69, 9.17) is 0 Å². The van der Waals surface area contributed by atoms with E-state index >= 15 is 4.39 Å². The van der Waals surface area contributed by atoms with E-state index in [0.29, 0.717) is 31.5 Å². The number of nitrogens with zero attached hydrogens (tertiary/aromatic N) is 1. The van der Waals surface area contributed by atoms with Gasteiger partial charge in [-0.1, -0.05) is 12.1 Å². The molecular formula is C22H17F3N2O3. The van der Waals surface area contributed by atoms with E-state index in [1.54, 1.807) is 18.2 Å². The predicted octanol–water partition coefficient (Wildman–Crippen LogP) is 4.38. The van der Waals surface area contributed by atoms with Crippen LogP contribution in [-0.2, 0) is 13.1 Å². The second-order valence-corrected chi connectivity index (χ2v) is 7.75. The standard InChI is InChI=1S/C22H17F3N2O3/c23-16-6-14-19(27(13-3-4-13)9-15(20(14)28)22(29)30)18(21(24)25)17(16)10-1-2-11-7-26-8-12(11)5-10/h1-2,5-6,9,13,21,26H,3-4,7-8H2,(H,29,30). The molecule has 0 bridgehead atoms. The molecule has 0 spiro atoms. The molecule has 0 amide bonds. The summed E-state index contributed by atoms with van der Waals surface area (Å²) in [5, 5.41) is 12.2. The summed E-state index contributed by atoms with van der Waals surface area (Å²) < 4.78 is 45.3. The van der Waals surface area contributed by atoms with E-state index in [9.17, 15) is 23.5 Å². The third-order valence-electron chi connectivity index (χ3n) is 5.82. The van der Waals surface area contributed by atoms with Crippen molar-refractivity contribution >= 4 is 16.9 Å². The Morgan fingerprint density at radius 2 is 1.90 bits per heavy atom. The highest BCUT2D eigenvalue weighted by Gasteiger charge is 2.32. The number of fused-ring (bicyclic) bond motifs is 2. The maximum atomic E-state index is 15.2. The molecule has 0 radical (unpaired) electrons. The van der Waals surface area contributed by atoms with Gasteiger partial charge in [-0.3, -0.25) is 4.79 Å². The van der Waals surface area contributed by atoms with Gasteiger partial charge in [0.25, 0.3) is 6.43 Å². The highest BCUT2D eigenvalue weighted by atomic mass is 19.3. The van der Waals surface area contributed by atoms with Crippen LogP contribution in [0.1, 0.15) is 52.4 Å². The van der Waals surface area contributed by atoms with Gasteiger partial charge in [0.1, 0.15) is 11.4 Å². The van der Waals surface area contributed by atoms with E-state index < -0.39 is 34.8 Å². The average molecular weight is 414 g/mol. The third-order valence-corrected chi connectivity index (χ3v) is 5.82. The largest absolute Gasteiger partial charge is 0.477 e. The van der Waals surface area contributed by atoms with Crippen molar-refractivity contribution in [3.05, 3.63) is 68.8 Å². The minimum absolute atomic E-state index is 0.0856. The number of aromatic nitrogens is 1. The van der Waals surface area contributed by atoms with Gasteiger partial charge in [-0.25, -0.2) is 18.0 Å². The maximum Gasteiger partial charge on any atom is 0.341 e. The predicted molar refractivity (Wildman–Crippen MR) is 104 cm³/mol. The molecule has 30 heavy (non-hydrogen) atoms. The van der Waals surface area contributed by atoms with Crippen LogP contribution in [0.2, 0.25) is 0 Å². The normalized spacial score (nSPS) is 15.7. The Bertz CT molecular complexity index is 1280. The van der Waals surface area contributed by atoms with Crippen LogP contribution < -0.4 is 10.7 Å². The Morgan fingerprint density at radius 1 is 1.17 bits per heavy atom. The van der Waals surface area contributed by atoms with E-state index in [-0.39, 0.29) is 22.5 Å². The number of aromatic carboxylic acids is 1. The Labute approximate surface area is 168 Å². The van der Waals surface area contributed by atoms with Gasteiger partial charge in [0.05, 0.1) is 16.5 Å². The van der Waals surface area contributed by atoms with Crippen molar-refractivity contribution in [2.45, 2.75) is 38.4 Å². The van der Waals surface area contributed by atoms with Crippen molar-refractivity contribution in [2.75, 3.05) is 0 Å². The van der Waals surface area contributed by atoms with Crippen molar-refractivity contribution in [1.29, 1.82) is 0 Å². The number of benzene rings is 2. The van der Waals surface area contributed by atoms with Gasteiger partial charge in [-0.2, -0.15) is 0 Å². The third kappa shape index (κ3) is 2.82. The Hall–Kier alpha value is -3.13. The minimum atomic E-state index is -3.05. The number of hydrogen-bond donors (Lipinski definition) is 2. The zero-order chi connectivity index (χ0) is 21.2. The smallest absolute Gasteiger partial charge is 0.341 e. The van der Waals surface area contributed by atoms with Crippen LogP contribution in [-0.4, -0.2) is 15.6 Å². The van der Waals surface area contributed by atoms with Crippen LogP contribution in [0, 0.1) is 5.82 Å². The quantitative estimate of drug-likeness (QED) is 0.665. The van der Waals surface area contributed by atoms with Gasteiger partial charge in [-0.05, 0) is 41.7 Å². The highest BCUT2D eigenvalue weighted by Crippen LogP contribution is 2.43. The first-order chi connectivity index (χ1) is 14.4. The number of pyridine rings is 1. The molecule has 1 saturated carbocycles. The van der Waals surface area contributed by atoms with E-state index in [2.05, 4.69) is 5.32 Å². The van der Waals surface area contributed by atoms with Gasteiger partial charge in [0.15, 0.2) is 0 Å². The van der Waals surface area contributed by atoms with Gasteiger partial charge in [-0.15, -0.1) is 0 Å². The molecule has 1 aliphatic heterocycles. The molecule has 5 rings (SSSR count). The minimum Gasteiger partial charge on any atom is -0.477 e. The molecule has 5 nitrogen and oxygen atoms in total. The summed E-state index contributed by atoms with van der Waals surface area (Å²) in [7, 11) is 0. The molecular weight excluding hydrogens is 397 g/mol. The second-order valence-electron chi connectivity index (χ2n) is 7.75. The number of carboxylic acids is 1. The van der Waals surface area contributed by atoms with Gasteiger partial charge in [0, 0.05) is 30.9 Å². The van der Waals surface area contributed by atoms with E-state index in [0.717, 1.165) is 23.4 Å². The van der Waals surface area contributed by atoms with Crippen LogP contribution >= 0.6 is 0 Å². The number of carbonyl (C=O) groups is 1. The summed E-state index contributed by atoms with van der Waals surface area (Å²) >= 11 is 0. The fourth-order valence-electron chi connectivity index (χ4n) is 4.27. The lowest BCUT2D eigenvalue weighted by atomic mass is 9.93. The number of alkyl halides is 2. The number of hydrogen-bond acceptors (Lipinski definition) is 3. The molecule has 1 fully saturated rings. The summed E-state index contributed by atoms with van der Waals surface area (Å²) in [4.78, 5) is 24.2. The highest BCUT2D eigenvalue weighted by molar-refractivity contribution is 5.96. The fourth-order valence-corrected chi connectivity index (χ4v) is 4.27. The monoisotopic (exact) mass is 414 g/mol. The Kier molecular flexibility index (Phi) is 4.21. The lowest BCUT2D eigenvalue weighted by Gasteiger charge is -2.19. The van der Waals surface area contributed by atoms with Crippen LogP contribution in [0.25, 0.3) is 22.0 Å². The maximum absolute atomic E-state index is 15.2.